The van der Waals surface area contributed by atoms with Crippen molar-refractivity contribution in [1.29, 1.82) is 0 Å². The van der Waals surface area contributed by atoms with Crippen LogP contribution in [-0.2, 0) is 0 Å². The summed E-state index contributed by atoms with van der Waals surface area (Å²) in [5.74, 6) is 0. The van der Waals surface area contributed by atoms with Crippen LogP contribution in [0.5, 0.6) is 0 Å². The van der Waals surface area contributed by atoms with Gasteiger partial charge in [-0.05, 0) is 32.5 Å². The first-order valence-corrected chi connectivity index (χ1v) is 6.88. The molecule has 0 aromatic heterocycles. The van der Waals surface area contributed by atoms with Gasteiger partial charge in [-0.2, -0.15) is 13.2 Å². The van der Waals surface area contributed by atoms with Crippen LogP contribution in [0.4, 0.5) is 13.2 Å². The molecule has 1 atom stereocenters. The first-order chi connectivity index (χ1) is 9.35. The maximum Gasteiger partial charge on any atom is 0.401 e. The van der Waals surface area contributed by atoms with E-state index in [1.54, 1.807) is 7.05 Å². The molecule has 20 heavy (non-hydrogen) atoms. The monoisotopic (exact) mass is 288 g/mol. The Kier molecular flexibility index (Phi) is 6.49. The van der Waals surface area contributed by atoms with Crippen LogP contribution in [0, 0.1) is 6.92 Å². The molecule has 0 saturated heterocycles. The second kappa shape index (κ2) is 7.64. The molecule has 1 aromatic rings. The van der Waals surface area contributed by atoms with Crippen LogP contribution < -0.4 is 5.32 Å². The molecule has 1 N–H and O–H groups in total. The molecule has 0 aliphatic carbocycles. The van der Waals surface area contributed by atoms with Crippen molar-refractivity contribution < 1.29 is 13.2 Å². The third-order valence-electron chi connectivity index (χ3n) is 3.21. The molecule has 0 radical (unpaired) electrons. The number of rotatable bonds is 7. The number of alkyl halides is 3. The highest BCUT2D eigenvalue weighted by molar-refractivity contribution is 5.24. The van der Waals surface area contributed by atoms with Gasteiger partial charge in [0.15, 0.2) is 0 Å². The summed E-state index contributed by atoms with van der Waals surface area (Å²) in [5, 5.41) is 3.10. The SMILES string of the molecule is CCCN(CC(NC)c1ccc(C)cc1)CC(F)(F)F. The van der Waals surface area contributed by atoms with Crippen molar-refractivity contribution in [3.05, 3.63) is 35.4 Å². The molecule has 2 nitrogen and oxygen atoms in total. The second-order valence-corrected chi connectivity index (χ2v) is 5.10. The minimum Gasteiger partial charge on any atom is -0.312 e. The van der Waals surface area contributed by atoms with Crippen LogP contribution in [0.3, 0.4) is 0 Å². The van der Waals surface area contributed by atoms with E-state index in [2.05, 4.69) is 5.32 Å². The van der Waals surface area contributed by atoms with E-state index >= 15 is 0 Å². The van der Waals surface area contributed by atoms with Gasteiger partial charge in [0.05, 0.1) is 6.54 Å². The van der Waals surface area contributed by atoms with E-state index in [1.807, 2.05) is 38.1 Å². The van der Waals surface area contributed by atoms with Crippen molar-refractivity contribution in [2.75, 3.05) is 26.7 Å². The Morgan fingerprint density at radius 3 is 2.25 bits per heavy atom. The van der Waals surface area contributed by atoms with E-state index in [9.17, 15) is 13.2 Å². The highest BCUT2D eigenvalue weighted by atomic mass is 19.4. The van der Waals surface area contributed by atoms with Crippen molar-refractivity contribution in [2.24, 2.45) is 0 Å². The molecule has 1 aromatic carbocycles. The summed E-state index contributed by atoms with van der Waals surface area (Å²) in [7, 11) is 1.78. The van der Waals surface area contributed by atoms with Gasteiger partial charge < -0.3 is 5.32 Å². The topological polar surface area (TPSA) is 15.3 Å². The zero-order valence-corrected chi connectivity index (χ0v) is 12.3. The third-order valence-corrected chi connectivity index (χ3v) is 3.21. The Labute approximate surface area is 119 Å². The second-order valence-electron chi connectivity index (χ2n) is 5.10. The molecular formula is C15H23F3N2. The van der Waals surface area contributed by atoms with Gasteiger partial charge in [0.2, 0.25) is 0 Å². The molecule has 0 aliphatic rings. The largest absolute Gasteiger partial charge is 0.401 e. The van der Waals surface area contributed by atoms with Crippen molar-refractivity contribution in [3.63, 3.8) is 0 Å². The van der Waals surface area contributed by atoms with Crippen LogP contribution >= 0.6 is 0 Å². The van der Waals surface area contributed by atoms with Gasteiger partial charge in [0, 0.05) is 12.6 Å². The van der Waals surface area contributed by atoms with Gasteiger partial charge in [0.25, 0.3) is 0 Å². The molecule has 0 amide bonds. The number of halogens is 3. The third kappa shape index (κ3) is 5.92. The van der Waals surface area contributed by atoms with Gasteiger partial charge in [-0.25, -0.2) is 0 Å². The summed E-state index contributed by atoms with van der Waals surface area (Å²) >= 11 is 0. The van der Waals surface area contributed by atoms with Crippen molar-refractivity contribution in [3.8, 4) is 0 Å². The van der Waals surface area contributed by atoms with Crippen molar-refractivity contribution >= 4 is 0 Å². The van der Waals surface area contributed by atoms with E-state index in [0.29, 0.717) is 19.5 Å². The summed E-state index contributed by atoms with van der Waals surface area (Å²) in [6.07, 6.45) is -3.44. The molecule has 0 aliphatic heterocycles. The Bertz CT molecular complexity index is 387. The Morgan fingerprint density at radius 1 is 1.20 bits per heavy atom. The van der Waals surface area contributed by atoms with E-state index in [-0.39, 0.29) is 6.04 Å². The first kappa shape index (κ1) is 17.0. The average Bonchev–Trinajstić information content (AvgIpc) is 2.35. The van der Waals surface area contributed by atoms with E-state index in [0.717, 1.165) is 11.1 Å². The highest BCUT2D eigenvalue weighted by Crippen LogP contribution is 2.20. The summed E-state index contributed by atoms with van der Waals surface area (Å²) < 4.78 is 37.7. The fourth-order valence-corrected chi connectivity index (χ4v) is 2.22. The lowest BCUT2D eigenvalue weighted by atomic mass is 10.0. The minimum atomic E-state index is -4.15. The maximum absolute atomic E-state index is 12.6. The zero-order chi connectivity index (χ0) is 15.2. The quantitative estimate of drug-likeness (QED) is 0.825. The lowest BCUT2D eigenvalue weighted by molar-refractivity contribution is -0.146. The van der Waals surface area contributed by atoms with Gasteiger partial charge in [0.1, 0.15) is 0 Å². The summed E-state index contributed by atoms with van der Waals surface area (Å²) in [5.41, 5.74) is 2.16. The standard InChI is InChI=1S/C15H23F3N2/c1-4-9-20(11-15(16,17)18)10-14(19-3)13-7-5-12(2)6-8-13/h5-8,14,19H,4,9-11H2,1-3H3. The number of likely N-dealkylation sites (N-methyl/N-ethyl adjacent to an activating group) is 1. The van der Waals surface area contributed by atoms with Crippen LogP contribution in [0.1, 0.15) is 30.5 Å². The number of nitrogens with zero attached hydrogens (tertiary/aromatic N) is 1. The summed E-state index contributed by atoms with van der Waals surface area (Å²) in [4.78, 5) is 1.46. The fraction of sp³-hybridized carbons (Fsp3) is 0.600. The maximum atomic E-state index is 12.6. The number of aryl methyl sites for hydroxylation is 1. The number of benzene rings is 1. The predicted molar refractivity (Wildman–Crippen MR) is 75.8 cm³/mol. The molecule has 0 bridgehead atoms. The highest BCUT2D eigenvalue weighted by Gasteiger charge is 2.31. The lowest BCUT2D eigenvalue weighted by Crippen LogP contribution is -2.40. The average molecular weight is 288 g/mol. The van der Waals surface area contributed by atoms with E-state index in [1.165, 1.54) is 4.90 Å². The molecule has 5 heteroatoms. The molecular weight excluding hydrogens is 265 g/mol. The zero-order valence-electron chi connectivity index (χ0n) is 12.3. The summed E-state index contributed by atoms with van der Waals surface area (Å²) in [6.45, 7) is 3.83. The Balaban J connectivity index is 2.75. The molecule has 0 heterocycles. The number of nitrogens with one attached hydrogen (secondary N) is 1. The van der Waals surface area contributed by atoms with E-state index in [4.69, 9.17) is 0 Å². The molecule has 1 unspecified atom stereocenters. The van der Waals surface area contributed by atoms with Gasteiger partial charge in [-0.1, -0.05) is 36.8 Å². The smallest absolute Gasteiger partial charge is 0.312 e. The van der Waals surface area contributed by atoms with Crippen molar-refractivity contribution in [1.82, 2.24) is 10.2 Å². The first-order valence-electron chi connectivity index (χ1n) is 6.88. The minimum absolute atomic E-state index is 0.0931. The number of hydrogen-bond acceptors (Lipinski definition) is 2. The molecule has 0 fully saturated rings. The molecule has 1 rings (SSSR count). The van der Waals surface area contributed by atoms with Crippen LogP contribution in [-0.4, -0.2) is 37.8 Å². The van der Waals surface area contributed by atoms with Gasteiger partial charge in [-0.15, -0.1) is 0 Å². The van der Waals surface area contributed by atoms with Crippen molar-refractivity contribution in [2.45, 2.75) is 32.5 Å². The van der Waals surface area contributed by atoms with Gasteiger partial charge in [-0.3, -0.25) is 4.90 Å². The predicted octanol–water partition coefficient (Wildman–Crippen LogP) is 3.53. The normalized spacial score (nSPS) is 13.8. The summed E-state index contributed by atoms with van der Waals surface area (Å²) in [6, 6.07) is 7.80. The Hall–Kier alpha value is -1.07. The lowest BCUT2D eigenvalue weighted by Gasteiger charge is -2.28. The van der Waals surface area contributed by atoms with Crippen LogP contribution in [0.15, 0.2) is 24.3 Å². The Morgan fingerprint density at radius 2 is 1.80 bits per heavy atom. The van der Waals surface area contributed by atoms with Gasteiger partial charge >= 0.3 is 6.18 Å². The molecule has 114 valence electrons. The molecule has 0 spiro atoms. The van der Waals surface area contributed by atoms with Crippen LogP contribution in [0.25, 0.3) is 0 Å². The van der Waals surface area contributed by atoms with E-state index < -0.39 is 12.7 Å². The fourth-order valence-electron chi connectivity index (χ4n) is 2.22. The number of hydrogen-bond donors (Lipinski definition) is 1. The molecule has 0 saturated carbocycles. The van der Waals surface area contributed by atoms with Crippen LogP contribution in [0.2, 0.25) is 0 Å².